The van der Waals surface area contributed by atoms with Crippen molar-refractivity contribution in [2.45, 2.75) is 39.5 Å². The van der Waals surface area contributed by atoms with Gasteiger partial charge in [-0.25, -0.2) is 0 Å². The molecule has 0 heterocycles. The molecule has 15 heavy (non-hydrogen) atoms. The zero-order chi connectivity index (χ0) is 11.3. The number of halogens is 1. The van der Waals surface area contributed by atoms with Crippen LogP contribution in [-0.2, 0) is 4.79 Å². The van der Waals surface area contributed by atoms with Crippen molar-refractivity contribution >= 4 is 21.8 Å². The van der Waals surface area contributed by atoms with E-state index in [2.05, 4.69) is 35.1 Å². The molecule has 3 unspecified atom stereocenters. The molecule has 1 fully saturated rings. The molecule has 1 aliphatic rings. The Balaban J connectivity index is 2.23. The third kappa shape index (κ3) is 4.13. The Hall–Kier alpha value is -0.0500. The van der Waals surface area contributed by atoms with E-state index in [1.165, 1.54) is 12.8 Å². The highest BCUT2D eigenvalue weighted by Crippen LogP contribution is 2.31. The standard InChI is InChI=1S/C12H22BrNO/c1-9(6-7-13)8-14-12(15)11-5-3-4-10(11)2/h9-11H,3-8H2,1-2H3,(H,14,15). The third-order valence-corrected chi connectivity index (χ3v) is 3.88. The van der Waals surface area contributed by atoms with Crippen LogP contribution >= 0.6 is 15.9 Å². The molecular formula is C12H22BrNO. The Morgan fingerprint density at radius 2 is 2.27 bits per heavy atom. The smallest absolute Gasteiger partial charge is 0.223 e. The van der Waals surface area contributed by atoms with Crippen molar-refractivity contribution in [1.29, 1.82) is 0 Å². The summed E-state index contributed by atoms with van der Waals surface area (Å²) in [5, 5.41) is 4.10. The van der Waals surface area contributed by atoms with Crippen LogP contribution in [0.4, 0.5) is 0 Å². The Labute approximate surface area is 101 Å². The molecule has 0 aliphatic heterocycles. The SMILES string of the molecule is CC(CCBr)CNC(=O)C1CCCC1C. The molecule has 1 rings (SSSR count). The summed E-state index contributed by atoms with van der Waals surface area (Å²) >= 11 is 3.42. The Morgan fingerprint density at radius 3 is 2.80 bits per heavy atom. The fraction of sp³-hybridized carbons (Fsp3) is 0.917. The van der Waals surface area contributed by atoms with Crippen LogP contribution in [0.1, 0.15) is 39.5 Å². The lowest BCUT2D eigenvalue weighted by Gasteiger charge is -2.17. The first kappa shape index (κ1) is 13.0. The fourth-order valence-corrected chi connectivity index (χ4v) is 3.01. The van der Waals surface area contributed by atoms with Crippen molar-refractivity contribution in [2.24, 2.45) is 17.8 Å². The van der Waals surface area contributed by atoms with Crippen LogP contribution in [0.15, 0.2) is 0 Å². The van der Waals surface area contributed by atoms with Gasteiger partial charge in [0, 0.05) is 17.8 Å². The van der Waals surface area contributed by atoms with Gasteiger partial charge in [-0.2, -0.15) is 0 Å². The zero-order valence-corrected chi connectivity index (χ0v) is 11.3. The number of nitrogens with one attached hydrogen (secondary N) is 1. The van der Waals surface area contributed by atoms with Crippen molar-refractivity contribution in [3.8, 4) is 0 Å². The van der Waals surface area contributed by atoms with Crippen LogP contribution in [-0.4, -0.2) is 17.8 Å². The first-order chi connectivity index (χ1) is 7.15. The molecule has 3 heteroatoms. The van der Waals surface area contributed by atoms with Crippen LogP contribution < -0.4 is 5.32 Å². The third-order valence-electron chi connectivity index (χ3n) is 3.42. The van der Waals surface area contributed by atoms with Crippen LogP contribution in [0.5, 0.6) is 0 Å². The van der Waals surface area contributed by atoms with Gasteiger partial charge in [0.2, 0.25) is 5.91 Å². The summed E-state index contributed by atoms with van der Waals surface area (Å²) < 4.78 is 0. The molecule has 1 aliphatic carbocycles. The summed E-state index contributed by atoms with van der Waals surface area (Å²) in [4.78, 5) is 11.8. The average molecular weight is 276 g/mol. The second-order valence-electron chi connectivity index (χ2n) is 4.84. The van der Waals surface area contributed by atoms with E-state index in [0.717, 1.165) is 24.7 Å². The predicted octanol–water partition coefficient (Wildman–Crippen LogP) is 2.96. The van der Waals surface area contributed by atoms with Crippen LogP contribution in [0.2, 0.25) is 0 Å². The second kappa shape index (κ2) is 6.51. The van der Waals surface area contributed by atoms with Gasteiger partial charge in [-0.15, -0.1) is 0 Å². The van der Waals surface area contributed by atoms with Crippen LogP contribution in [0.3, 0.4) is 0 Å². The minimum Gasteiger partial charge on any atom is -0.356 e. The van der Waals surface area contributed by atoms with Crippen molar-refractivity contribution in [3.05, 3.63) is 0 Å². The highest BCUT2D eigenvalue weighted by atomic mass is 79.9. The van der Waals surface area contributed by atoms with E-state index < -0.39 is 0 Å². The zero-order valence-electron chi connectivity index (χ0n) is 9.76. The molecule has 1 saturated carbocycles. The average Bonchev–Trinajstić information content (AvgIpc) is 2.61. The van der Waals surface area contributed by atoms with E-state index in [1.807, 2.05) is 0 Å². The molecule has 0 radical (unpaired) electrons. The quantitative estimate of drug-likeness (QED) is 0.768. The number of amides is 1. The largest absolute Gasteiger partial charge is 0.356 e. The molecule has 1 N–H and O–H groups in total. The first-order valence-corrected chi connectivity index (χ1v) is 7.11. The molecule has 0 spiro atoms. The molecular weight excluding hydrogens is 254 g/mol. The van der Waals surface area contributed by atoms with Gasteiger partial charge < -0.3 is 5.32 Å². The second-order valence-corrected chi connectivity index (χ2v) is 5.64. The summed E-state index contributed by atoms with van der Waals surface area (Å²) in [6, 6.07) is 0. The van der Waals surface area contributed by atoms with Gasteiger partial charge >= 0.3 is 0 Å². The molecule has 0 aromatic rings. The number of hydrogen-bond acceptors (Lipinski definition) is 1. The maximum atomic E-state index is 11.8. The Kier molecular flexibility index (Phi) is 5.65. The van der Waals surface area contributed by atoms with Crippen molar-refractivity contribution in [3.63, 3.8) is 0 Å². The van der Waals surface area contributed by atoms with Gasteiger partial charge in [0.05, 0.1) is 0 Å². The maximum Gasteiger partial charge on any atom is 0.223 e. The van der Waals surface area contributed by atoms with E-state index in [9.17, 15) is 4.79 Å². The van der Waals surface area contributed by atoms with Gasteiger partial charge in [0.25, 0.3) is 0 Å². The molecule has 0 aromatic carbocycles. The summed E-state index contributed by atoms with van der Waals surface area (Å²) in [5.41, 5.74) is 0. The molecule has 2 nitrogen and oxygen atoms in total. The number of carbonyl (C=O) groups is 1. The normalized spacial score (nSPS) is 27.7. The highest BCUT2D eigenvalue weighted by Gasteiger charge is 2.29. The molecule has 1 amide bonds. The molecule has 3 atom stereocenters. The van der Waals surface area contributed by atoms with Gasteiger partial charge in [0.1, 0.15) is 0 Å². The number of hydrogen-bond donors (Lipinski definition) is 1. The van der Waals surface area contributed by atoms with Crippen molar-refractivity contribution in [1.82, 2.24) is 5.32 Å². The van der Waals surface area contributed by atoms with E-state index in [4.69, 9.17) is 0 Å². The van der Waals surface area contributed by atoms with Crippen LogP contribution in [0, 0.1) is 17.8 Å². The van der Waals surface area contributed by atoms with Crippen molar-refractivity contribution in [2.75, 3.05) is 11.9 Å². The minimum atomic E-state index is 0.279. The van der Waals surface area contributed by atoms with Crippen LogP contribution in [0.25, 0.3) is 0 Å². The Bertz CT molecular complexity index is 208. The fourth-order valence-electron chi connectivity index (χ4n) is 2.23. The lowest BCUT2D eigenvalue weighted by molar-refractivity contribution is -0.126. The van der Waals surface area contributed by atoms with E-state index >= 15 is 0 Å². The minimum absolute atomic E-state index is 0.279. The molecule has 0 aromatic heterocycles. The predicted molar refractivity (Wildman–Crippen MR) is 67.1 cm³/mol. The monoisotopic (exact) mass is 275 g/mol. The van der Waals surface area contributed by atoms with Gasteiger partial charge in [-0.05, 0) is 31.1 Å². The molecule has 88 valence electrons. The number of carbonyl (C=O) groups excluding carboxylic acids is 1. The van der Waals surface area contributed by atoms with E-state index in [1.54, 1.807) is 0 Å². The molecule has 0 saturated heterocycles. The van der Waals surface area contributed by atoms with Gasteiger partial charge in [-0.3, -0.25) is 4.79 Å². The topological polar surface area (TPSA) is 29.1 Å². The number of alkyl halides is 1. The van der Waals surface area contributed by atoms with Gasteiger partial charge in [0.15, 0.2) is 0 Å². The summed E-state index contributed by atoms with van der Waals surface area (Å²) in [6.07, 6.45) is 4.64. The molecule has 0 bridgehead atoms. The Morgan fingerprint density at radius 1 is 1.53 bits per heavy atom. The maximum absolute atomic E-state index is 11.8. The lowest BCUT2D eigenvalue weighted by Crippen LogP contribution is -2.34. The summed E-state index contributed by atoms with van der Waals surface area (Å²) in [6.45, 7) is 5.20. The van der Waals surface area contributed by atoms with Gasteiger partial charge in [-0.1, -0.05) is 36.2 Å². The van der Waals surface area contributed by atoms with E-state index in [-0.39, 0.29) is 11.8 Å². The van der Waals surface area contributed by atoms with Crippen molar-refractivity contribution < 1.29 is 4.79 Å². The summed E-state index contributed by atoms with van der Waals surface area (Å²) in [7, 11) is 0. The first-order valence-electron chi connectivity index (χ1n) is 5.98. The lowest BCUT2D eigenvalue weighted by atomic mass is 9.97. The highest BCUT2D eigenvalue weighted by molar-refractivity contribution is 9.09. The van der Waals surface area contributed by atoms with E-state index in [0.29, 0.717) is 11.8 Å². The number of rotatable bonds is 5. The summed E-state index contributed by atoms with van der Waals surface area (Å²) in [5.74, 6) is 1.71.